The Balaban J connectivity index is 1.71. The normalized spacial score (nSPS) is 33.7. The highest BCUT2D eigenvalue weighted by atomic mass is 32.2. The maximum Gasteiger partial charge on any atom is 0.146 e. The molecule has 3 aliphatic rings. The third-order valence-corrected chi connectivity index (χ3v) is 6.07. The zero-order valence-electron chi connectivity index (χ0n) is 12.7. The molecule has 2 fully saturated rings. The van der Waals surface area contributed by atoms with Gasteiger partial charge in [0.25, 0.3) is 0 Å². The van der Waals surface area contributed by atoms with E-state index in [4.69, 9.17) is 9.72 Å². The van der Waals surface area contributed by atoms with Crippen molar-refractivity contribution < 1.29 is 8.95 Å². The first-order valence-electron chi connectivity index (χ1n) is 7.59. The van der Waals surface area contributed by atoms with Crippen molar-refractivity contribution in [1.82, 2.24) is 9.97 Å². The van der Waals surface area contributed by atoms with E-state index < -0.39 is 10.8 Å². The Labute approximate surface area is 127 Å². The molecule has 4 rings (SSSR count). The molecule has 114 valence electrons. The standard InChI is InChI=1S/C15H21N3O2S/c1-15(2,3)14-16-10-4-5-21(19)12(10)13(18-14)17-11-8-6-20-7-9(8)11/h8-9,11H,4-7H2,1-3H3,(H,16,17,18). The number of hydrogen-bond donors (Lipinski definition) is 1. The zero-order valence-corrected chi connectivity index (χ0v) is 13.5. The van der Waals surface area contributed by atoms with E-state index >= 15 is 0 Å². The molecule has 0 radical (unpaired) electrons. The van der Waals surface area contributed by atoms with Crippen LogP contribution in [-0.4, -0.2) is 39.2 Å². The van der Waals surface area contributed by atoms with Crippen LogP contribution in [0.25, 0.3) is 0 Å². The van der Waals surface area contributed by atoms with Crippen LogP contribution in [0.15, 0.2) is 4.90 Å². The molecule has 2 aliphatic heterocycles. The van der Waals surface area contributed by atoms with E-state index in [1.807, 2.05) is 0 Å². The van der Waals surface area contributed by atoms with Gasteiger partial charge in [-0.2, -0.15) is 0 Å². The molecule has 5 nitrogen and oxygen atoms in total. The van der Waals surface area contributed by atoms with Crippen LogP contribution >= 0.6 is 0 Å². The maximum absolute atomic E-state index is 12.3. The number of anilines is 1. The smallest absolute Gasteiger partial charge is 0.146 e. The molecule has 1 aliphatic carbocycles. The highest BCUT2D eigenvalue weighted by molar-refractivity contribution is 7.85. The second-order valence-corrected chi connectivity index (χ2v) is 8.76. The van der Waals surface area contributed by atoms with Gasteiger partial charge in [0.2, 0.25) is 0 Å². The predicted molar refractivity (Wildman–Crippen MR) is 80.9 cm³/mol. The van der Waals surface area contributed by atoms with Gasteiger partial charge < -0.3 is 10.1 Å². The molecule has 6 heteroatoms. The Morgan fingerprint density at radius 1 is 1.24 bits per heavy atom. The molecule has 1 aromatic rings. The van der Waals surface area contributed by atoms with Crippen LogP contribution in [0.3, 0.4) is 0 Å². The lowest BCUT2D eigenvalue weighted by Gasteiger charge is -2.20. The molecular weight excluding hydrogens is 286 g/mol. The molecule has 1 aromatic heterocycles. The summed E-state index contributed by atoms with van der Waals surface area (Å²) in [6.45, 7) is 8.02. The molecule has 3 unspecified atom stereocenters. The van der Waals surface area contributed by atoms with Crippen LogP contribution in [0, 0.1) is 11.8 Å². The largest absolute Gasteiger partial charge is 0.381 e. The maximum atomic E-state index is 12.3. The van der Waals surface area contributed by atoms with Crippen molar-refractivity contribution >= 4 is 16.6 Å². The summed E-state index contributed by atoms with van der Waals surface area (Å²) in [4.78, 5) is 10.2. The molecular formula is C15H21N3O2S. The van der Waals surface area contributed by atoms with Crippen LogP contribution in [0.2, 0.25) is 0 Å². The summed E-state index contributed by atoms with van der Waals surface area (Å²) in [7, 11) is -0.958. The topological polar surface area (TPSA) is 64.1 Å². The summed E-state index contributed by atoms with van der Waals surface area (Å²) in [5, 5.41) is 3.54. The summed E-state index contributed by atoms with van der Waals surface area (Å²) in [5.74, 6) is 3.52. The summed E-state index contributed by atoms with van der Waals surface area (Å²) < 4.78 is 17.7. The van der Waals surface area contributed by atoms with E-state index in [0.29, 0.717) is 23.6 Å². The average Bonchev–Trinajstić information content (AvgIpc) is 2.82. The van der Waals surface area contributed by atoms with E-state index in [1.165, 1.54) is 0 Å². The Morgan fingerprint density at radius 2 is 1.95 bits per heavy atom. The van der Waals surface area contributed by atoms with Gasteiger partial charge in [-0.15, -0.1) is 0 Å². The molecule has 1 saturated carbocycles. The fourth-order valence-electron chi connectivity index (χ4n) is 3.24. The lowest BCUT2D eigenvalue weighted by molar-refractivity contribution is 0.162. The van der Waals surface area contributed by atoms with Gasteiger partial charge in [-0.1, -0.05) is 20.8 Å². The number of aryl methyl sites for hydroxylation is 1. The monoisotopic (exact) mass is 307 g/mol. The molecule has 0 aromatic carbocycles. The van der Waals surface area contributed by atoms with Crippen LogP contribution < -0.4 is 5.32 Å². The second kappa shape index (κ2) is 4.49. The summed E-state index contributed by atoms with van der Waals surface area (Å²) in [6.07, 6.45) is 0.795. The van der Waals surface area contributed by atoms with Crippen LogP contribution in [-0.2, 0) is 27.4 Å². The Bertz CT molecular complexity index is 616. The SMILES string of the molecule is CC(C)(C)c1nc2c(c(NC3C4COCC43)n1)S(=O)CC2. The highest BCUT2D eigenvalue weighted by Crippen LogP contribution is 2.46. The first-order chi connectivity index (χ1) is 9.95. The minimum absolute atomic E-state index is 0.0991. The summed E-state index contributed by atoms with van der Waals surface area (Å²) >= 11 is 0. The second-order valence-electron chi connectivity index (χ2n) is 7.26. The number of ether oxygens (including phenoxy) is 1. The van der Waals surface area contributed by atoms with Crippen molar-refractivity contribution in [3.63, 3.8) is 0 Å². The first-order valence-corrected chi connectivity index (χ1v) is 8.91. The number of aromatic nitrogens is 2. The van der Waals surface area contributed by atoms with E-state index in [-0.39, 0.29) is 5.41 Å². The third-order valence-electron chi connectivity index (χ3n) is 4.61. The van der Waals surface area contributed by atoms with Crippen molar-refractivity contribution in [2.45, 2.75) is 43.5 Å². The highest BCUT2D eigenvalue weighted by Gasteiger charge is 2.54. The van der Waals surface area contributed by atoms with E-state index in [0.717, 1.165) is 41.9 Å². The van der Waals surface area contributed by atoms with Gasteiger partial charge in [0, 0.05) is 35.5 Å². The number of nitrogens with one attached hydrogen (secondary N) is 1. The fourth-order valence-corrected chi connectivity index (χ4v) is 4.56. The predicted octanol–water partition coefficient (Wildman–Crippen LogP) is 1.49. The van der Waals surface area contributed by atoms with E-state index in [2.05, 4.69) is 31.1 Å². The molecule has 0 bridgehead atoms. The molecule has 0 spiro atoms. The van der Waals surface area contributed by atoms with Crippen LogP contribution in [0.4, 0.5) is 5.82 Å². The van der Waals surface area contributed by atoms with Crippen molar-refractivity contribution in [2.75, 3.05) is 24.3 Å². The lowest BCUT2D eigenvalue weighted by Crippen LogP contribution is -2.21. The zero-order chi connectivity index (χ0) is 14.8. The Hall–Kier alpha value is -1.01. The number of fused-ring (bicyclic) bond motifs is 2. The molecule has 1 saturated heterocycles. The Morgan fingerprint density at radius 3 is 2.62 bits per heavy atom. The Kier molecular flexibility index (Phi) is 2.92. The van der Waals surface area contributed by atoms with Crippen LogP contribution in [0.5, 0.6) is 0 Å². The van der Waals surface area contributed by atoms with Crippen molar-refractivity contribution in [1.29, 1.82) is 0 Å². The van der Waals surface area contributed by atoms with Crippen molar-refractivity contribution in [3.8, 4) is 0 Å². The molecule has 3 heterocycles. The minimum Gasteiger partial charge on any atom is -0.381 e. The van der Waals surface area contributed by atoms with Crippen LogP contribution in [0.1, 0.15) is 32.3 Å². The molecule has 3 atom stereocenters. The quantitative estimate of drug-likeness (QED) is 0.897. The van der Waals surface area contributed by atoms with Gasteiger partial charge in [-0.3, -0.25) is 4.21 Å². The number of rotatable bonds is 2. The van der Waals surface area contributed by atoms with Gasteiger partial charge in [-0.25, -0.2) is 9.97 Å². The molecule has 1 N–H and O–H groups in total. The molecule has 21 heavy (non-hydrogen) atoms. The number of nitrogens with zero attached hydrogens (tertiary/aromatic N) is 2. The van der Waals surface area contributed by atoms with E-state index in [1.54, 1.807) is 0 Å². The van der Waals surface area contributed by atoms with Gasteiger partial charge >= 0.3 is 0 Å². The van der Waals surface area contributed by atoms with E-state index in [9.17, 15) is 4.21 Å². The summed E-state index contributed by atoms with van der Waals surface area (Å²) in [6, 6.07) is 0.433. The van der Waals surface area contributed by atoms with Crippen molar-refractivity contribution in [2.24, 2.45) is 11.8 Å². The summed E-state index contributed by atoms with van der Waals surface area (Å²) in [5.41, 5.74) is 0.871. The average molecular weight is 307 g/mol. The number of hydrogen-bond acceptors (Lipinski definition) is 5. The van der Waals surface area contributed by atoms with Gasteiger partial charge in [0.15, 0.2) is 0 Å². The lowest BCUT2D eigenvalue weighted by atomic mass is 9.95. The van der Waals surface area contributed by atoms with Gasteiger partial charge in [0.1, 0.15) is 16.5 Å². The first kappa shape index (κ1) is 13.6. The van der Waals surface area contributed by atoms with Gasteiger partial charge in [-0.05, 0) is 0 Å². The minimum atomic E-state index is -0.958. The fraction of sp³-hybridized carbons (Fsp3) is 0.733. The van der Waals surface area contributed by atoms with Gasteiger partial charge in [0.05, 0.1) is 29.7 Å². The third kappa shape index (κ3) is 2.19. The molecule has 0 amide bonds. The van der Waals surface area contributed by atoms with Crippen molar-refractivity contribution in [3.05, 3.63) is 11.5 Å².